The molecule has 1 heterocycles. The fourth-order valence-electron chi connectivity index (χ4n) is 1.53. The van der Waals surface area contributed by atoms with E-state index in [4.69, 9.17) is 16.3 Å². The molecule has 100 valence electrons. The summed E-state index contributed by atoms with van der Waals surface area (Å²) >= 11 is 7.32. The molecule has 0 unspecified atom stereocenters. The number of esters is 1. The predicted molar refractivity (Wildman–Crippen MR) is 72.9 cm³/mol. The van der Waals surface area contributed by atoms with Crippen LogP contribution in [-0.2, 0) is 16.0 Å². The van der Waals surface area contributed by atoms with Crippen LogP contribution in [0.25, 0.3) is 10.6 Å². The van der Waals surface area contributed by atoms with Gasteiger partial charge in [-0.15, -0.1) is 11.3 Å². The van der Waals surface area contributed by atoms with Gasteiger partial charge in [-0.2, -0.15) is 0 Å². The Morgan fingerprint density at radius 1 is 1.53 bits per heavy atom. The Hall–Kier alpha value is -1.46. The van der Waals surface area contributed by atoms with Crippen molar-refractivity contribution in [1.82, 2.24) is 4.98 Å². The van der Waals surface area contributed by atoms with Gasteiger partial charge in [0.15, 0.2) is 0 Å². The topological polar surface area (TPSA) is 39.2 Å². The van der Waals surface area contributed by atoms with Gasteiger partial charge in [-0.3, -0.25) is 4.79 Å². The summed E-state index contributed by atoms with van der Waals surface area (Å²) in [7, 11) is 0. The van der Waals surface area contributed by atoms with Crippen LogP contribution >= 0.6 is 22.9 Å². The molecule has 3 nitrogen and oxygen atoms in total. The van der Waals surface area contributed by atoms with Gasteiger partial charge in [0.25, 0.3) is 0 Å². The van der Waals surface area contributed by atoms with Crippen LogP contribution in [0.15, 0.2) is 23.6 Å². The number of benzene rings is 1. The van der Waals surface area contributed by atoms with Crippen molar-refractivity contribution in [3.05, 3.63) is 40.1 Å². The van der Waals surface area contributed by atoms with Crippen molar-refractivity contribution < 1.29 is 13.9 Å². The van der Waals surface area contributed by atoms with Crippen LogP contribution in [0, 0.1) is 5.82 Å². The average Bonchev–Trinajstić information content (AvgIpc) is 2.77. The van der Waals surface area contributed by atoms with E-state index in [-0.39, 0.29) is 12.4 Å². The van der Waals surface area contributed by atoms with E-state index < -0.39 is 5.82 Å². The lowest BCUT2D eigenvalue weighted by atomic mass is 10.2. The molecule has 0 aliphatic rings. The lowest BCUT2D eigenvalue weighted by molar-refractivity contribution is -0.142. The summed E-state index contributed by atoms with van der Waals surface area (Å²) in [6.45, 7) is 2.10. The van der Waals surface area contributed by atoms with E-state index in [0.29, 0.717) is 27.9 Å². The van der Waals surface area contributed by atoms with Gasteiger partial charge >= 0.3 is 5.97 Å². The molecule has 0 atom stereocenters. The molecule has 6 heteroatoms. The Kier molecular flexibility index (Phi) is 4.50. The Balaban J connectivity index is 2.18. The van der Waals surface area contributed by atoms with Gasteiger partial charge in [-0.1, -0.05) is 11.6 Å². The number of carbonyl (C=O) groups is 1. The molecule has 0 saturated heterocycles. The Morgan fingerprint density at radius 2 is 2.32 bits per heavy atom. The van der Waals surface area contributed by atoms with Gasteiger partial charge in [0, 0.05) is 10.9 Å². The zero-order valence-corrected chi connectivity index (χ0v) is 11.7. The van der Waals surface area contributed by atoms with Crippen LogP contribution in [0.3, 0.4) is 0 Å². The first kappa shape index (κ1) is 14.0. The highest BCUT2D eigenvalue weighted by Gasteiger charge is 2.12. The normalized spacial score (nSPS) is 10.5. The van der Waals surface area contributed by atoms with Crippen molar-refractivity contribution in [3.8, 4) is 10.6 Å². The molecule has 19 heavy (non-hydrogen) atoms. The number of rotatable bonds is 4. The molecule has 2 rings (SSSR count). The molecular formula is C13H11ClFNO2S. The second-order valence-electron chi connectivity index (χ2n) is 3.75. The summed E-state index contributed by atoms with van der Waals surface area (Å²) in [4.78, 5) is 15.6. The molecule has 1 aromatic heterocycles. The lowest BCUT2D eigenvalue weighted by Crippen LogP contribution is -2.07. The van der Waals surface area contributed by atoms with Gasteiger partial charge < -0.3 is 4.74 Å². The summed E-state index contributed by atoms with van der Waals surface area (Å²) in [6.07, 6.45) is 0.128. The van der Waals surface area contributed by atoms with Gasteiger partial charge in [0.2, 0.25) is 0 Å². The van der Waals surface area contributed by atoms with Crippen molar-refractivity contribution in [2.45, 2.75) is 13.3 Å². The molecule has 2 aromatic rings. The number of halogens is 2. The number of hydrogen-bond donors (Lipinski definition) is 0. The van der Waals surface area contributed by atoms with E-state index >= 15 is 0 Å². The van der Waals surface area contributed by atoms with Crippen molar-refractivity contribution in [1.29, 1.82) is 0 Å². The molecule has 0 radical (unpaired) electrons. The fraction of sp³-hybridized carbons (Fsp3) is 0.231. The Bertz CT molecular complexity index is 600. The van der Waals surface area contributed by atoms with Gasteiger partial charge in [0.1, 0.15) is 10.8 Å². The van der Waals surface area contributed by atoms with Crippen molar-refractivity contribution in [2.75, 3.05) is 6.61 Å². The van der Waals surface area contributed by atoms with E-state index in [2.05, 4.69) is 4.98 Å². The predicted octanol–water partition coefficient (Wildman–Crippen LogP) is 3.71. The van der Waals surface area contributed by atoms with E-state index in [0.717, 1.165) is 0 Å². The highest BCUT2D eigenvalue weighted by atomic mass is 35.5. The number of hydrogen-bond acceptors (Lipinski definition) is 4. The third-order valence-corrected chi connectivity index (χ3v) is 3.58. The van der Waals surface area contributed by atoms with Crippen LogP contribution < -0.4 is 0 Å². The minimum Gasteiger partial charge on any atom is -0.466 e. The molecule has 0 aliphatic carbocycles. The molecule has 0 bridgehead atoms. The van der Waals surface area contributed by atoms with Crippen LogP contribution in [-0.4, -0.2) is 17.6 Å². The molecular weight excluding hydrogens is 289 g/mol. The first-order chi connectivity index (χ1) is 9.10. The number of ether oxygens (including phenoxy) is 1. The number of thiazole rings is 1. The third-order valence-electron chi connectivity index (χ3n) is 2.34. The van der Waals surface area contributed by atoms with Crippen LogP contribution in [0.1, 0.15) is 12.6 Å². The summed E-state index contributed by atoms with van der Waals surface area (Å²) in [6, 6.07) is 4.14. The average molecular weight is 300 g/mol. The molecule has 0 amide bonds. The maximum atomic E-state index is 13.0. The summed E-state index contributed by atoms with van der Waals surface area (Å²) in [5.41, 5.74) is 1.28. The first-order valence-corrected chi connectivity index (χ1v) is 6.91. The summed E-state index contributed by atoms with van der Waals surface area (Å²) in [5, 5.41) is 2.73. The third kappa shape index (κ3) is 3.52. The van der Waals surface area contributed by atoms with Crippen LogP contribution in [0.5, 0.6) is 0 Å². The minimum atomic E-state index is -0.392. The second kappa shape index (κ2) is 6.12. The Morgan fingerprint density at radius 3 is 3.00 bits per heavy atom. The minimum absolute atomic E-state index is 0.128. The maximum Gasteiger partial charge on any atom is 0.311 e. The summed E-state index contributed by atoms with van der Waals surface area (Å²) < 4.78 is 17.8. The quantitative estimate of drug-likeness (QED) is 0.808. The van der Waals surface area contributed by atoms with Crippen LogP contribution in [0.4, 0.5) is 4.39 Å². The molecule has 0 aliphatic heterocycles. The van der Waals surface area contributed by atoms with Crippen molar-refractivity contribution in [2.24, 2.45) is 0 Å². The van der Waals surface area contributed by atoms with Gasteiger partial charge in [-0.25, -0.2) is 9.37 Å². The molecule has 0 spiro atoms. The SMILES string of the molecule is CCOC(=O)Cc1csc(-c2ccc(F)cc2Cl)n1. The standard InChI is InChI=1S/C13H11ClFNO2S/c1-2-18-12(17)6-9-7-19-13(16-9)10-4-3-8(15)5-11(10)14/h3-5,7H,2,6H2,1H3. The first-order valence-electron chi connectivity index (χ1n) is 5.65. The monoisotopic (exact) mass is 299 g/mol. The van der Waals surface area contributed by atoms with Gasteiger partial charge in [-0.05, 0) is 25.1 Å². The molecule has 0 fully saturated rings. The van der Waals surface area contributed by atoms with Crippen molar-refractivity contribution in [3.63, 3.8) is 0 Å². The second-order valence-corrected chi connectivity index (χ2v) is 5.02. The highest BCUT2D eigenvalue weighted by Crippen LogP contribution is 2.31. The zero-order valence-electron chi connectivity index (χ0n) is 10.2. The fourth-order valence-corrected chi connectivity index (χ4v) is 2.71. The largest absolute Gasteiger partial charge is 0.466 e. The van der Waals surface area contributed by atoms with Gasteiger partial charge in [0.05, 0.1) is 23.7 Å². The molecule has 0 saturated carbocycles. The Labute approximate surface area is 119 Å². The molecule has 0 N–H and O–H groups in total. The lowest BCUT2D eigenvalue weighted by Gasteiger charge is -2.00. The smallest absolute Gasteiger partial charge is 0.311 e. The summed E-state index contributed by atoms with van der Waals surface area (Å²) in [5.74, 6) is -0.707. The van der Waals surface area contributed by atoms with E-state index in [1.807, 2.05) is 0 Å². The van der Waals surface area contributed by atoms with E-state index in [1.54, 1.807) is 18.4 Å². The number of nitrogens with zero attached hydrogens (tertiary/aromatic N) is 1. The number of aromatic nitrogens is 1. The maximum absolute atomic E-state index is 13.0. The van der Waals surface area contributed by atoms with E-state index in [1.165, 1.54) is 23.5 Å². The van der Waals surface area contributed by atoms with Crippen molar-refractivity contribution >= 4 is 28.9 Å². The van der Waals surface area contributed by atoms with E-state index in [9.17, 15) is 9.18 Å². The molecule has 1 aromatic carbocycles. The zero-order chi connectivity index (χ0) is 13.8. The number of carbonyl (C=O) groups excluding carboxylic acids is 1. The van der Waals surface area contributed by atoms with Crippen LogP contribution in [0.2, 0.25) is 5.02 Å². The highest BCUT2D eigenvalue weighted by molar-refractivity contribution is 7.13.